The number of carbonyl (C=O) groups is 4. The fourth-order valence-electron chi connectivity index (χ4n) is 3.66. The van der Waals surface area contributed by atoms with Gasteiger partial charge in [-0.05, 0) is 17.2 Å². The summed E-state index contributed by atoms with van der Waals surface area (Å²) in [6.07, 6.45) is 1.68. The molecule has 3 aromatic rings. The van der Waals surface area contributed by atoms with E-state index in [1.54, 1.807) is 6.20 Å². The number of para-hydroxylation sites is 1. The van der Waals surface area contributed by atoms with Crippen LogP contribution >= 0.6 is 0 Å². The lowest BCUT2D eigenvalue weighted by Gasteiger charge is -2.23. The Labute approximate surface area is 196 Å². The Balaban J connectivity index is 1.81. The summed E-state index contributed by atoms with van der Waals surface area (Å²) < 4.78 is 0. The predicted octanol–water partition coefficient (Wildman–Crippen LogP) is -0.389. The van der Waals surface area contributed by atoms with Gasteiger partial charge in [-0.1, -0.05) is 48.5 Å². The van der Waals surface area contributed by atoms with Crippen LogP contribution in [0, 0.1) is 0 Å². The minimum Gasteiger partial charge on any atom is -0.370 e. The van der Waals surface area contributed by atoms with Crippen LogP contribution in [-0.2, 0) is 32.0 Å². The number of rotatable bonds is 11. The van der Waals surface area contributed by atoms with E-state index in [9.17, 15) is 19.2 Å². The van der Waals surface area contributed by atoms with Crippen molar-refractivity contribution in [3.63, 3.8) is 0 Å². The van der Waals surface area contributed by atoms with Crippen LogP contribution in [0.2, 0.25) is 0 Å². The number of carbonyl (C=O) groups excluding carboxylic acids is 4. The lowest BCUT2D eigenvalue weighted by molar-refractivity contribution is -0.132. The molecule has 3 atom stereocenters. The number of aromatic nitrogens is 1. The number of hydrogen-bond donors (Lipinski definition) is 6. The molecule has 4 amide bonds. The second-order valence-electron chi connectivity index (χ2n) is 8.05. The van der Waals surface area contributed by atoms with Crippen molar-refractivity contribution in [2.45, 2.75) is 37.4 Å². The van der Waals surface area contributed by atoms with Crippen molar-refractivity contribution in [3.8, 4) is 0 Å². The molecule has 10 heteroatoms. The summed E-state index contributed by atoms with van der Waals surface area (Å²) in [5.41, 5.74) is 18.9. The molecule has 10 nitrogen and oxygen atoms in total. The van der Waals surface area contributed by atoms with Crippen LogP contribution in [0.4, 0.5) is 0 Å². The van der Waals surface area contributed by atoms with E-state index in [-0.39, 0.29) is 19.3 Å². The highest BCUT2D eigenvalue weighted by molar-refractivity contribution is 5.94. The van der Waals surface area contributed by atoms with Crippen LogP contribution < -0.4 is 27.8 Å². The molecule has 9 N–H and O–H groups in total. The van der Waals surface area contributed by atoms with Crippen molar-refractivity contribution in [1.29, 1.82) is 0 Å². The average molecular weight is 465 g/mol. The third-order valence-electron chi connectivity index (χ3n) is 5.43. The van der Waals surface area contributed by atoms with Gasteiger partial charge in [0.2, 0.25) is 23.6 Å². The normalized spacial score (nSPS) is 13.6. The molecule has 34 heavy (non-hydrogen) atoms. The van der Waals surface area contributed by atoms with Gasteiger partial charge in [0.25, 0.3) is 0 Å². The van der Waals surface area contributed by atoms with E-state index < -0.39 is 41.8 Å². The number of primary amides is 2. The number of benzene rings is 2. The molecular formula is C24H28N6O4. The molecule has 178 valence electrons. The molecule has 0 unspecified atom stereocenters. The number of nitrogens with one attached hydrogen (secondary N) is 3. The van der Waals surface area contributed by atoms with E-state index in [1.165, 1.54) is 0 Å². The molecule has 3 rings (SSSR count). The van der Waals surface area contributed by atoms with Gasteiger partial charge in [0.1, 0.15) is 12.1 Å². The second-order valence-corrected chi connectivity index (χ2v) is 8.05. The van der Waals surface area contributed by atoms with Gasteiger partial charge in [0.05, 0.1) is 12.5 Å². The van der Waals surface area contributed by atoms with E-state index in [2.05, 4.69) is 15.6 Å². The number of fused-ring (bicyclic) bond motifs is 1. The van der Waals surface area contributed by atoms with Crippen LogP contribution in [0.15, 0.2) is 60.8 Å². The Hall–Kier alpha value is -4.18. The molecule has 1 heterocycles. The Morgan fingerprint density at radius 1 is 0.824 bits per heavy atom. The maximum atomic E-state index is 13.2. The van der Waals surface area contributed by atoms with Crippen LogP contribution in [0.3, 0.4) is 0 Å². The van der Waals surface area contributed by atoms with Gasteiger partial charge in [-0.2, -0.15) is 0 Å². The molecule has 0 spiro atoms. The Kier molecular flexibility index (Phi) is 7.99. The molecule has 0 aliphatic carbocycles. The van der Waals surface area contributed by atoms with Gasteiger partial charge in [0, 0.05) is 29.9 Å². The van der Waals surface area contributed by atoms with Crippen LogP contribution in [0.1, 0.15) is 17.5 Å². The Bertz CT molecular complexity index is 1180. The topological polar surface area (TPSA) is 186 Å². The van der Waals surface area contributed by atoms with Gasteiger partial charge < -0.3 is 32.8 Å². The Morgan fingerprint density at radius 3 is 2.15 bits per heavy atom. The molecule has 0 fully saturated rings. The fourth-order valence-corrected chi connectivity index (χ4v) is 3.66. The minimum atomic E-state index is -1.22. The lowest BCUT2D eigenvalue weighted by Crippen LogP contribution is -2.56. The average Bonchev–Trinajstić information content (AvgIpc) is 3.21. The molecule has 0 saturated carbocycles. The summed E-state index contributed by atoms with van der Waals surface area (Å²) in [7, 11) is 0. The second kappa shape index (κ2) is 11.1. The number of H-pyrrole nitrogens is 1. The molecule has 0 aliphatic rings. The monoisotopic (exact) mass is 464 g/mol. The van der Waals surface area contributed by atoms with Crippen molar-refractivity contribution in [3.05, 3.63) is 71.9 Å². The Morgan fingerprint density at radius 2 is 1.47 bits per heavy atom. The molecule has 1 aromatic heterocycles. The summed E-state index contributed by atoms with van der Waals surface area (Å²) in [6, 6.07) is 13.3. The quantitative estimate of drug-likeness (QED) is 0.225. The minimum absolute atomic E-state index is 0.113. The SMILES string of the molecule is NC(=O)C[C@H](N)C(=O)N[C@H](Cc1c[nH]c2ccccc12)C(=O)N[C@@H](Cc1ccccc1)C(N)=O. The first-order valence-electron chi connectivity index (χ1n) is 10.8. The standard InChI is InChI=1S/C24H28N6O4/c25-17(12-21(26)31)23(33)30-20(11-15-13-28-18-9-5-4-8-16(15)18)24(34)29-19(22(27)32)10-14-6-2-1-3-7-14/h1-9,13,17,19-20,28H,10-12,25H2,(H2,26,31)(H2,27,32)(H,29,34)(H,30,33)/t17-,19-,20+/m0/s1. The molecule has 0 radical (unpaired) electrons. The van der Waals surface area contributed by atoms with Gasteiger partial charge in [-0.15, -0.1) is 0 Å². The predicted molar refractivity (Wildman–Crippen MR) is 127 cm³/mol. The first kappa shape index (κ1) is 24.5. The van der Waals surface area contributed by atoms with Gasteiger partial charge in [-0.25, -0.2) is 0 Å². The van der Waals surface area contributed by atoms with Crippen LogP contribution in [-0.4, -0.2) is 46.7 Å². The zero-order valence-electron chi connectivity index (χ0n) is 18.5. The number of nitrogens with two attached hydrogens (primary N) is 3. The first-order valence-corrected chi connectivity index (χ1v) is 10.8. The third kappa shape index (κ3) is 6.42. The number of amides is 4. The molecule has 0 aliphatic heterocycles. The van der Waals surface area contributed by atoms with E-state index in [0.29, 0.717) is 0 Å². The van der Waals surface area contributed by atoms with Gasteiger partial charge >= 0.3 is 0 Å². The highest BCUT2D eigenvalue weighted by Crippen LogP contribution is 2.19. The third-order valence-corrected chi connectivity index (χ3v) is 5.43. The maximum Gasteiger partial charge on any atom is 0.243 e. The number of aromatic amines is 1. The van der Waals surface area contributed by atoms with Crippen molar-refractivity contribution < 1.29 is 19.2 Å². The van der Waals surface area contributed by atoms with Crippen LogP contribution in [0.25, 0.3) is 10.9 Å². The molecule has 2 aromatic carbocycles. The smallest absolute Gasteiger partial charge is 0.243 e. The summed E-state index contributed by atoms with van der Waals surface area (Å²) in [6.45, 7) is 0. The molecule has 0 saturated heterocycles. The van der Waals surface area contributed by atoms with Crippen molar-refractivity contribution >= 4 is 34.5 Å². The fraction of sp³-hybridized carbons (Fsp3) is 0.250. The zero-order valence-corrected chi connectivity index (χ0v) is 18.5. The summed E-state index contributed by atoms with van der Waals surface area (Å²) in [5, 5.41) is 6.10. The van der Waals surface area contributed by atoms with Crippen molar-refractivity contribution in [1.82, 2.24) is 15.6 Å². The van der Waals surface area contributed by atoms with E-state index in [1.807, 2.05) is 54.6 Å². The van der Waals surface area contributed by atoms with E-state index in [0.717, 1.165) is 22.0 Å². The highest BCUT2D eigenvalue weighted by atomic mass is 16.2. The summed E-state index contributed by atoms with van der Waals surface area (Å²) in [4.78, 5) is 52.1. The molecule has 0 bridgehead atoms. The van der Waals surface area contributed by atoms with Crippen LogP contribution in [0.5, 0.6) is 0 Å². The van der Waals surface area contributed by atoms with Crippen molar-refractivity contribution in [2.75, 3.05) is 0 Å². The van der Waals surface area contributed by atoms with E-state index >= 15 is 0 Å². The number of hydrogen-bond acceptors (Lipinski definition) is 5. The summed E-state index contributed by atoms with van der Waals surface area (Å²) in [5.74, 6) is -2.76. The van der Waals surface area contributed by atoms with Crippen molar-refractivity contribution in [2.24, 2.45) is 17.2 Å². The lowest BCUT2D eigenvalue weighted by atomic mass is 10.0. The molecular weight excluding hydrogens is 436 g/mol. The largest absolute Gasteiger partial charge is 0.370 e. The first-order chi connectivity index (χ1) is 16.2. The maximum absolute atomic E-state index is 13.2. The summed E-state index contributed by atoms with van der Waals surface area (Å²) >= 11 is 0. The highest BCUT2D eigenvalue weighted by Gasteiger charge is 2.28. The zero-order chi connectivity index (χ0) is 24.7. The van der Waals surface area contributed by atoms with E-state index in [4.69, 9.17) is 17.2 Å². The van der Waals surface area contributed by atoms with Gasteiger partial charge in [0.15, 0.2) is 0 Å². The van der Waals surface area contributed by atoms with Gasteiger partial charge in [-0.3, -0.25) is 19.2 Å².